The highest BCUT2D eigenvalue weighted by molar-refractivity contribution is 6.04. The second kappa shape index (κ2) is 8.66. The average molecular weight is 427 g/mol. The first kappa shape index (κ1) is 21.3. The second-order valence-electron chi connectivity index (χ2n) is 8.68. The average Bonchev–Trinajstić information content (AvgIpc) is 3.06. The molecule has 1 N–H and O–H groups in total. The van der Waals surface area contributed by atoms with E-state index < -0.39 is 0 Å². The number of nitrogens with zero attached hydrogens (tertiary/aromatic N) is 5. The quantitative estimate of drug-likeness (QED) is 0.782. The highest BCUT2D eigenvalue weighted by atomic mass is 16.5. The highest BCUT2D eigenvalue weighted by Crippen LogP contribution is 2.31. The fourth-order valence-corrected chi connectivity index (χ4v) is 4.47. The molecule has 4 heterocycles. The Bertz CT molecular complexity index is 968. The Balaban J connectivity index is 1.55. The van der Waals surface area contributed by atoms with E-state index in [4.69, 9.17) is 4.52 Å². The minimum Gasteiger partial charge on any atom is -0.361 e. The Labute approximate surface area is 182 Å². The topological polar surface area (TPSA) is 94.8 Å². The molecule has 4 rings (SSSR count). The van der Waals surface area contributed by atoms with Crippen LogP contribution in [-0.4, -0.2) is 72.0 Å². The molecule has 0 spiro atoms. The number of fused-ring (bicyclic) bond motifs is 1. The van der Waals surface area contributed by atoms with E-state index in [0.29, 0.717) is 41.8 Å². The molecule has 0 aliphatic carbocycles. The number of carbonyl (C=O) groups excluding carboxylic acids is 2. The number of carbonyl (C=O) groups is 2. The Morgan fingerprint density at radius 3 is 2.90 bits per heavy atom. The molecule has 0 aromatic carbocycles. The van der Waals surface area contributed by atoms with Gasteiger partial charge in [-0.3, -0.25) is 9.59 Å². The highest BCUT2D eigenvalue weighted by Gasteiger charge is 2.29. The van der Waals surface area contributed by atoms with E-state index in [1.165, 1.54) is 0 Å². The van der Waals surface area contributed by atoms with Crippen LogP contribution in [-0.2, 0) is 11.3 Å². The zero-order chi connectivity index (χ0) is 22.1. The summed E-state index contributed by atoms with van der Waals surface area (Å²) in [5, 5.41) is 7.03. The van der Waals surface area contributed by atoms with Gasteiger partial charge in [-0.25, -0.2) is 4.98 Å². The summed E-state index contributed by atoms with van der Waals surface area (Å²) in [6.45, 7) is 7.01. The van der Waals surface area contributed by atoms with Crippen molar-refractivity contribution < 1.29 is 14.1 Å². The van der Waals surface area contributed by atoms with Crippen molar-refractivity contribution >= 4 is 23.3 Å². The SMILES string of the molecule is Cc1noc(C)c1CN1C(=O)CNc2ncc(C(=O)N(C)CC3CCCN(C)C3)cc21. The van der Waals surface area contributed by atoms with Crippen molar-refractivity contribution in [3.8, 4) is 0 Å². The largest absolute Gasteiger partial charge is 0.361 e. The molecule has 2 aliphatic heterocycles. The zero-order valence-corrected chi connectivity index (χ0v) is 18.6. The Morgan fingerprint density at radius 1 is 1.39 bits per heavy atom. The maximum absolute atomic E-state index is 13.1. The molecule has 1 saturated heterocycles. The molecule has 1 atom stereocenters. The molecular weight excluding hydrogens is 396 g/mol. The summed E-state index contributed by atoms with van der Waals surface area (Å²) in [5.41, 5.74) is 2.71. The minimum absolute atomic E-state index is 0.0844. The normalized spacial score (nSPS) is 19.2. The summed E-state index contributed by atoms with van der Waals surface area (Å²) in [4.78, 5) is 36.0. The predicted octanol–water partition coefficient (Wildman–Crippen LogP) is 2.06. The summed E-state index contributed by atoms with van der Waals surface area (Å²) in [7, 11) is 3.96. The van der Waals surface area contributed by atoms with Crippen LogP contribution >= 0.6 is 0 Å². The van der Waals surface area contributed by atoms with Gasteiger partial charge in [-0.1, -0.05) is 5.16 Å². The molecule has 2 amide bonds. The van der Waals surface area contributed by atoms with Crippen LogP contribution < -0.4 is 10.2 Å². The van der Waals surface area contributed by atoms with Crippen LogP contribution in [0.5, 0.6) is 0 Å². The van der Waals surface area contributed by atoms with Crippen molar-refractivity contribution in [3.05, 3.63) is 34.8 Å². The number of pyridine rings is 1. The number of amides is 2. The van der Waals surface area contributed by atoms with Gasteiger partial charge < -0.3 is 24.5 Å². The molecular formula is C22H30N6O3. The molecule has 1 unspecified atom stereocenters. The lowest BCUT2D eigenvalue weighted by Gasteiger charge is -2.33. The van der Waals surface area contributed by atoms with Crippen molar-refractivity contribution in [2.24, 2.45) is 5.92 Å². The molecule has 31 heavy (non-hydrogen) atoms. The van der Waals surface area contributed by atoms with Gasteiger partial charge in [0.15, 0.2) is 5.82 Å². The second-order valence-corrected chi connectivity index (χ2v) is 8.68. The van der Waals surface area contributed by atoms with E-state index in [2.05, 4.69) is 27.4 Å². The maximum atomic E-state index is 13.1. The molecule has 9 nitrogen and oxygen atoms in total. The van der Waals surface area contributed by atoms with Crippen molar-refractivity contribution in [2.45, 2.75) is 33.2 Å². The maximum Gasteiger partial charge on any atom is 0.255 e. The third-order valence-electron chi connectivity index (χ3n) is 6.21. The van der Waals surface area contributed by atoms with E-state index in [1.807, 2.05) is 20.9 Å². The molecule has 0 saturated carbocycles. The predicted molar refractivity (Wildman–Crippen MR) is 117 cm³/mol. The summed E-state index contributed by atoms with van der Waals surface area (Å²) >= 11 is 0. The Kier molecular flexibility index (Phi) is 5.95. The van der Waals surface area contributed by atoms with Crippen LogP contribution in [0, 0.1) is 19.8 Å². The first-order valence-electron chi connectivity index (χ1n) is 10.7. The first-order valence-corrected chi connectivity index (χ1v) is 10.7. The third kappa shape index (κ3) is 4.41. The minimum atomic E-state index is -0.0857. The summed E-state index contributed by atoms with van der Waals surface area (Å²) in [5.74, 6) is 1.58. The number of nitrogens with one attached hydrogen (secondary N) is 1. The van der Waals surface area contributed by atoms with Crippen LogP contribution in [0.3, 0.4) is 0 Å². The molecule has 1 fully saturated rings. The molecule has 0 radical (unpaired) electrons. The first-order chi connectivity index (χ1) is 14.8. The lowest BCUT2D eigenvalue weighted by molar-refractivity contribution is -0.117. The molecule has 2 aromatic heterocycles. The number of rotatable bonds is 5. The van der Waals surface area contributed by atoms with Crippen molar-refractivity contribution in [1.29, 1.82) is 0 Å². The van der Waals surface area contributed by atoms with Gasteiger partial charge in [-0.15, -0.1) is 0 Å². The lowest BCUT2D eigenvalue weighted by Crippen LogP contribution is -2.41. The van der Waals surface area contributed by atoms with E-state index in [9.17, 15) is 9.59 Å². The van der Waals surface area contributed by atoms with E-state index >= 15 is 0 Å². The number of anilines is 2. The van der Waals surface area contributed by atoms with Gasteiger partial charge in [0.2, 0.25) is 5.91 Å². The van der Waals surface area contributed by atoms with Gasteiger partial charge in [0, 0.05) is 31.9 Å². The zero-order valence-electron chi connectivity index (χ0n) is 18.6. The van der Waals surface area contributed by atoms with E-state index in [1.54, 1.807) is 22.1 Å². The number of hydrogen-bond acceptors (Lipinski definition) is 7. The monoisotopic (exact) mass is 426 g/mol. The standard InChI is InChI=1S/C22H30N6O3/c1-14-18(15(2)31-25-14)13-28-19-8-17(9-23-21(19)24-10-20(28)29)22(30)27(4)12-16-6-5-7-26(3)11-16/h8-9,16H,5-7,10-13H2,1-4H3,(H,23,24). The number of likely N-dealkylation sites (tertiary alicyclic amines) is 1. The number of piperidine rings is 1. The summed E-state index contributed by atoms with van der Waals surface area (Å²) < 4.78 is 5.25. The molecule has 9 heteroatoms. The molecule has 2 aliphatic rings. The lowest BCUT2D eigenvalue weighted by atomic mass is 9.98. The fourth-order valence-electron chi connectivity index (χ4n) is 4.47. The van der Waals surface area contributed by atoms with Crippen LogP contribution in [0.2, 0.25) is 0 Å². The van der Waals surface area contributed by atoms with Crippen LogP contribution in [0.1, 0.15) is 40.2 Å². The van der Waals surface area contributed by atoms with Gasteiger partial charge in [0.1, 0.15) is 5.76 Å². The van der Waals surface area contributed by atoms with Gasteiger partial charge in [-0.2, -0.15) is 0 Å². The van der Waals surface area contributed by atoms with Crippen molar-refractivity contribution in [2.75, 3.05) is 50.5 Å². The van der Waals surface area contributed by atoms with Gasteiger partial charge in [0.05, 0.1) is 30.0 Å². The van der Waals surface area contributed by atoms with Crippen molar-refractivity contribution in [3.63, 3.8) is 0 Å². The van der Waals surface area contributed by atoms with Crippen molar-refractivity contribution in [1.82, 2.24) is 19.9 Å². The summed E-state index contributed by atoms with van der Waals surface area (Å²) in [6.07, 6.45) is 3.88. The van der Waals surface area contributed by atoms with Crippen LogP contribution in [0.25, 0.3) is 0 Å². The van der Waals surface area contributed by atoms with Crippen LogP contribution in [0.4, 0.5) is 11.5 Å². The Morgan fingerprint density at radius 2 is 2.19 bits per heavy atom. The smallest absolute Gasteiger partial charge is 0.255 e. The number of aryl methyl sites for hydroxylation is 2. The molecule has 166 valence electrons. The third-order valence-corrected chi connectivity index (χ3v) is 6.21. The van der Waals surface area contributed by atoms with E-state index in [0.717, 1.165) is 37.2 Å². The van der Waals surface area contributed by atoms with Gasteiger partial charge in [0.25, 0.3) is 5.91 Å². The summed E-state index contributed by atoms with van der Waals surface area (Å²) in [6, 6.07) is 1.76. The molecule has 0 bridgehead atoms. The van der Waals surface area contributed by atoms with Gasteiger partial charge in [-0.05, 0) is 52.3 Å². The van der Waals surface area contributed by atoms with Crippen LogP contribution in [0.15, 0.2) is 16.8 Å². The number of aromatic nitrogens is 2. The van der Waals surface area contributed by atoms with E-state index in [-0.39, 0.29) is 18.4 Å². The molecule has 2 aromatic rings. The number of hydrogen-bond donors (Lipinski definition) is 1. The van der Waals surface area contributed by atoms with Gasteiger partial charge >= 0.3 is 0 Å². The fraction of sp³-hybridized carbons (Fsp3) is 0.545. The Hall–Kier alpha value is -2.94.